The van der Waals surface area contributed by atoms with Crippen LogP contribution >= 0.6 is 0 Å². The fourth-order valence-electron chi connectivity index (χ4n) is 3.15. The van der Waals surface area contributed by atoms with Crippen LogP contribution in [0.5, 0.6) is 0 Å². The molecule has 1 fully saturated rings. The SMILES string of the molecule is CCCC1OCCOC1n1ncc2c(N)c(C(=O)OCC)c(C)nc21. The third-order valence-corrected chi connectivity index (χ3v) is 4.28. The molecule has 2 aromatic rings. The summed E-state index contributed by atoms with van der Waals surface area (Å²) in [5.74, 6) is -0.472. The molecule has 8 nitrogen and oxygen atoms in total. The summed E-state index contributed by atoms with van der Waals surface area (Å²) in [5.41, 5.74) is 7.93. The third kappa shape index (κ3) is 3.19. The normalized spacial score (nSPS) is 20.8. The average Bonchev–Trinajstić information content (AvgIpc) is 3.00. The van der Waals surface area contributed by atoms with Gasteiger partial charge in [-0.2, -0.15) is 5.10 Å². The van der Waals surface area contributed by atoms with Crippen LogP contribution in [0.25, 0.3) is 11.0 Å². The summed E-state index contributed by atoms with van der Waals surface area (Å²) in [7, 11) is 0. The molecule has 1 aliphatic heterocycles. The zero-order valence-corrected chi connectivity index (χ0v) is 14.8. The minimum absolute atomic E-state index is 0.0880. The minimum Gasteiger partial charge on any atom is -0.462 e. The topological polar surface area (TPSA) is 101 Å². The molecule has 8 heteroatoms. The van der Waals surface area contributed by atoms with Gasteiger partial charge in [0.25, 0.3) is 0 Å². The fourth-order valence-corrected chi connectivity index (χ4v) is 3.15. The summed E-state index contributed by atoms with van der Waals surface area (Å²) in [5, 5.41) is 5.03. The zero-order valence-electron chi connectivity index (χ0n) is 14.8. The Balaban J connectivity index is 2.06. The third-order valence-electron chi connectivity index (χ3n) is 4.28. The van der Waals surface area contributed by atoms with Crippen molar-refractivity contribution in [3.8, 4) is 0 Å². The highest BCUT2D eigenvalue weighted by atomic mass is 16.6. The van der Waals surface area contributed by atoms with E-state index in [0.29, 0.717) is 41.2 Å². The second-order valence-corrected chi connectivity index (χ2v) is 5.99. The molecule has 0 bridgehead atoms. The molecule has 25 heavy (non-hydrogen) atoms. The quantitative estimate of drug-likeness (QED) is 0.827. The smallest absolute Gasteiger partial charge is 0.342 e. The first-order chi connectivity index (χ1) is 12.1. The number of nitrogens with two attached hydrogens (primary N) is 1. The Hall–Kier alpha value is -2.19. The van der Waals surface area contributed by atoms with E-state index in [-0.39, 0.29) is 18.9 Å². The monoisotopic (exact) mass is 348 g/mol. The second kappa shape index (κ2) is 7.37. The Morgan fingerprint density at radius 1 is 1.40 bits per heavy atom. The minimum atomic E-state index is -0.472. The van der Waals surface area contributed by atoms with Gasteiger partial charge < -0.3 is 19.9 Å². The Morgan fingerprint density at radius 3 is 2.88 bits per heavy atom. The number of carbonyl (C=O) groups excluding carboxylic acids is 1. The molecule has 1 saturated heterocycles. The molecule has 0 radical (unpaired) electrons. The molecule has 3 heterocycles. The van der Waals surface area contributed by atoms with Crippen LogP contribution in [0, 0.1) is 6.92 Å². The molecular formula is C17H24N4O4. The molecule has 2 atom stereocenters. The Kier molecular flexibility index (Phi) is 5.19. The van der Waals surface area contributed by atoms with Gasteiger partial charge in [0.15, 0.2) is 11.9 Å². The van der Waals surface area contributed by atoms with E-state index in [1.54, 1.807) is 24.7 Å². The van der Waals surface area contributed by atoms with Crippen LogP contribution in [0.2, 0.25) is 0 Å². The van der Waals surface area contributed by atoms with Crippen molar-refractivity contribution in [3.05, 3.63) is 17.5 Å². The van der Waals surface area contributed by atoms with E-state index < -0.39 is 5.97 Å². The largest absolute Gasteiger partial charge is 0.462 e. The molecule has 0 saturated carbocycles. The highest BCUT2D eigenvalue weighted by Crippen LogP contribution is 2.31. The lowest BCUT2D eigenvalue weighted by molar-refractivity contribution is -0.176. The first-order valence-electron chi connectivity index (χ1n) is 8.62. The number of rotatable bonds is 5. The summed E-state index contributed by atoms with van der Waals surface area (Å²) in [6.07, 6.45) is 3.01. The number of aryl methyl sites for hydroxylation is 1. The van der Waals surface area contributed by atoms with Gasteiger partial charge in [-0.1, -0.05) is 13.3 Å². The summed E-state index contributed by atoms with van der Waals surface area (Å²) >= 11 is 0. The van der Waals surface area contributed by atoms with Crippen LogP contribution in [-0.2, 0) is 14.2 Å². The molecule has 2 unspecified atom stereocenters. The van der Waals surface area contributed by atoms with Crippen LogP contribution in [0.15, 0.2) is 6.20 Å². The van der Waals surface area contributed by atoms with Crippen LogP contribution in [-0.4, -0.2) is 46.7 Å². The molecule has 136 valence electrons. The maximum absolute atomic E-state index is 12.2. The van der Waals surface area contributed by atoms with Gasteiger partial charge in [0.05, 0.1) is 42.8 Å². The van der Waals surface area contributed by atoms with E-state index in [1.807, 2.05) is 0 Å². The second-order valence-electron chi connectivity index (χ2n) is 5.99. The van der Waals surface area contributed by atoms with E-state index in [4.69, 9.17) is 19.9 Å². The fraction of sp³-hybridized carbons (Fsp3) is 0.588. The molecular weight excluding hydrogens is 324 g/mol. The molecule has 1 aliphatic rings. The predicted octanol–water partition coefficient (Wildman–Crippen LogP) is 2.21. The molecule has 0 aliphatic carbocycles. The lowest BCUT2D eigenvalue weighted by Crippen LogP contribution is -2.36. The maximum atomic E-state index is 12.2. The van der Waals surface area contributed by atoms with Gasteiger partial charge in [0, 0.05) is 0 Å². The van der Waals surface area contributed by atoms with Crippen molar-refractivity contribution in [2.45, 2.75) is 45.9 Å². The zero-order chi connectivity index (χ0) is 18.0. The van der Waals surface area contributed by atoms with Gasteiger partial charge in [-0.05, 0) is 20.3 Å². The molecule has 3 rings (SSSR count). The standard InChI is InChI=1S/C17H24N4O4/c1-4-6-12-16(25-8-7-24-12)21-15-11(9-19-21)14(18)13(10(3)20-15)17(22)23-5-2/h9,12,16H,4-8H2,1-3H3,(H2,18,20). The number of carbonyl (C=O) groups is 1. The molecule has 0 spiro atoms. The summed E-state index contributed by atoms with van der Waals surface area (Å²) in [4.78, 5) is 16.7. The number of hydrogen-bond acceptors (Lipinski definition) is 7. The summed E-state index contributed by atoms with van der Waals surface area (Å²) < 4.78 is 18.5. The van der Waals surface area contributed by atoms with E-state index >= 15 is 0 Å². The van der Waals surface area contributed by atoms with E-state index in [2.05, 4.69) is 17.0 Å². The van der Waals surface area contributed by atoms with Crippen molar-refractivity contribution in [2.24, 2.45) is 0 Å². The predicted molar refractivity (Wildman–Crippen MR) is 92.3 cm³/mol. The lowest BCUT2D eigenvalue weighted by Gasteiger charge is -2.32. The molecule has 2 aromatic heterocycles. The van der Waals surface area contributed by atoms with Crippen molar-refractivity contribution in [1.29, 1.82) is 0 Å². The number of fused-ring (bicyclic) bond motifs is 1. The number of pyridine rings is 1. The van der Waals surface area contributed by atoms with Crippen LogP contribution in [0.4, 0.5) is 5.69 Å². The van der Waals surface area contributed by atoms with Gasteiger partial charge in [0.1, 0.15) is 11.7 Å². The average molecular weight is 348 g/mol. The van der Waals surface area contributed by atoms with Gasteiger partial charge in [0.2, 0.25) is 0 Å². The number of esters is 1. The summed E-state index contributed by atoms with van der Waals surface area (Å²) in [6.45, 7) is 6.94. The summed E-state index contributed by atoms with van der Waals surface area (Å²) in [6, 6.07) is 0. The van der Waals surface area contributed by atoms with E-state index in [0.717, 1.165) is 12.8 Å². The maximum Gasteiger partial charge on any atom is 0.342 e. The number of ether oxygens (including phenoxy) is 3. The van der Waals surface area contributed by atoms with Crippen molar-refractivity contribution in [3.63, 3.8) is 0 Å². The molecule has 0 aromatic carbocycles. The van der Waals surface area contributed by atoms with Crippen molar-refractivity contribution in [1.82, 2.24) is 14.8 Å². The number of anilines is 1. The lowest BCUT2D eigenvalue weighted by atomic mass is 10.1. The highest BCUT2D eigenvalue weighted by molar-refractivity contribution is 6.04. The van der Waals surface area contributed by atoms with Crippen molar-refractivity contribution < 1.29 is 19.0 Å². The first kappa shape index (κ1) is 17.6. The Labute approximate surface area is 146 Å². The highest BCUT2D eigenvalue weighted by Gasteiger charge is 2.31. The van der Waals surface area contributed by atoms with Crippen molar-refractivity contribution >= 4 is 22.7 Å². The number of aromatic nitrogens is 3. The number of nitrogen functional groups attached to an aromatic ring is 1. The van der Waals surface area contributed by atoms with Crippen LogP contribution in [0.3, 0.4) is 0 Å². The molecule has 2 N–H and O–H groups in total. The van der Waals surface area contributed by atoms with Gasteiger partial charge in [-0.15, -0.1) is 0 Å². The Morgan fingerprint density at radius 2 is 2.16 bits per heavy atom. The van der Waals surface area contributed by atoms with E-state index in [9.17, 15) is 4.79 Å². The van der Waals surface area contributed by atoms with Crippen molar-refractivity contribution in [2.75, 3.05) is 25.6 Å². The van der Waals surface area contributed by atoms with E-state index in [1.165, 1.54) is 0 Å². The number of hydrogen-bond donors (Lipinski definition) is 1. The van der Waals surface area contributed by atoms with Crippen LogP contribution in [0.1, 0.15) is 49.0 Å². The molecule has 0 amide bonds. The van der Waals surface area contributed by atoms with Gasteiger partial charge in [-0.25, -0.2) is 14.5 Å². The first-order valence-corrected chi connectivity index (χ1v) is 8.62. The number of nitrogens with zero attached hydrogens (tertiary/aromatic N) is 3. The van der Waals surface area contributed by atoms with Crippen LogP contribution < -0.4 is 5.73 Å². The van der Waals surface area contributed by atoms with Gasteiger partial charge in [-0.3, -0.25) is 0 Å². The Bertz CT molecular complexity index is 772. The van der Waals surface area contributed by atoms with Gasteiger partial charge >= 0.3 is 5.97 Å².